The minimum atomic E-state index is -3.77. The second kappa shape index (κ2) is 11.2. The van der Waals surface area contributed by atoms with Gasteiger partial charge in [-0.25, -0.2) is 0 Å². The quantitative estimate of drug-likeness (QED) is 0.427. The predicted molar refractivity (Wildman–Crippen MR) is 102 cm³/mol. The normalized spacial score (nSPS) is 13.8. The van der Waals surface area contributed by atoms with Gasteiger partial charge in [0.25, 0.3) is 0 Å². The molecule has 0 aliphatic heterocycles. The van der Waals surface area contributed by atoms with Crippen molar-refractivity contribution < 1.29 is 27.2 Å². The van der Waals surface area contributed by atoms with Crippen molar-refractivity contribution in [2.75, 3.05) is 6.54 Å². The molecule has 0 aliphatic carbocycles. The van der Waals surface area contributed by atoms with Crippen LogP contribution in [0.5, 0.6) is 0 Å². The number of hydrogen-bond acceptors (Lipinski definition) is 7. The van der Waals surface area contributed by atoms with Crippen LogP contribution in [0.3, 0.4) is 0 Å². The molecule has 0 heterocycles. The summed E-state index contributed by atoms with van der Waals surface area (Å²) in [5.74, 6) is 0. The van der Waals surface area contributed by atoms with Crippen LogP contribution >= 0.6 is 15.2 Å². The molecule has 0 aromatic carbocycles. The van der Waals surface area contributed by atoms with Gasteiger partial charge >= 0.3 is 15.2 Å². The van der Waals surface area contributed by atoms with Crippen LogP contribution in [0.2, 0.25) is 0 Å². The molecule has 0 amide bonds. The first-order valence-corrected chi connectivity index (χ1v) is 12.2. The van der Waals surface area contributed by atoms with Gasteiger partial charge in [-0.3, -0.25) is 9.13 Å². The predicted octanol–water partition coefficient (Wildman–Crippen LogP) is 5.14. The fraction of sp³-hybridized carbons (Fsp3) is 1.00. The van der Waals surface area contributed by atoms with E-state index >= 15 is 0 Å². The largest absolute Gasteiger partial charge is 0.346 e. The van der Waals surface area contributed by atoms with E-state index in [1.54, 1.807) is 55.4 Å². The van der Waals surface area contributed by atoms with Crippen molar-refractivity contribution in [1.82, 2.24) is 0 Å². The molecule has 7 nitrogen and oxygen atoms in total. The van der Waals surface area contributed by atoms with Crippen molar-refractivity contribution in [3.8, 4) is 0 Å². The van der Waals surface area contributed by atoms with E-state index in [0.29, 0.717) is 13.0 Å². The molecule has 152 valence electrons. The van der Waals surface area contributed by atoms with Gasteiger partial charge in [0.2, 0.25) is 0 Å². The highest BCUT2D eigenvalue weighted by molar-refractivity contribution is 7.72. The lowest BCUT2D eigenvalue weighted by Crippen LogP contribution is -2.24. The molecule has 2 N–H and O–H groups in total. The lowest BCUT2D eigenvalue weighted by Gasteiger charge is -2.35. The minimum absolute atomic E-state index is 0.268. The van der Waals surface area contributed by atoms with E-state index in [4.69, 9.17) is 23.8 Å². The van der Waals surface area contributed by atoms with Crippen molar-refractivity contribution in [2.24, 2.45) is 5.73 Å². The third-order valence-corrected chi connectivity index (χ3v) is 9.36. The van der Waals surface area contributed by atoms with E-state index in [0.717, 1.165) is 0 Å². The molecule has 0 saturated heterocycles. The van der Waals surface area contributed by atoms with E-state index in [1.165, 1.54) is 0 Å². The van der Waals surface area contributed by atoms with Gasteiger partial charge in [0.05, 0.1) is 24.4 Å². The molecule has 0 bridgehead atoms. The molecule has 0 rings (SSSR count). The lowest BCUT2D eigenvalue weighted by atomic mass is 10.3. The molecule has 0 aromatic heterocycles. The fourth-order valence-electron chi connectivity index (χ4n) is 2.30. The van der Waals surface area contributed by atoms with Crippen molar-refractivity contribution in [1.29, 1.82) is 0 Å². The summed E-state index contributed by atoms with van der Waals surface area (Å²) < 4.78 is 50.0. The topological polar surface area (TPSA) is 97.1 Å². The van der Waals surface area contributed by atoms with E-state index in [2.05, 4.69) is 0 Å². The molecular formula is C16H37NO6P2. The molecule has 0 unspecified atom stereocenters. The Morgan fingerprint density at radius 1 is 0.680 bits per heavy atom. The summed E-state index contributed by atoms with van der Waals surface area (Å²) in [7, 11) is -7.55. The van der Waals surface area contributed by atoms with Gasteiger partial charge in [-0.15, -0.1) is 0 Å². The highest BCUT2D eigenvalue weighted by Gasteiger charge is 2.52. The van der Waals surface area contributed by atoms with Gasteiger partial charge in [-0.05, 0) is 74.8 Å². The van der Waals surface area contributed by atoms with Crippen LogP contribution < -0.4 is 5.73 Å². The van der Waals surface area contributed by atoms with Gasteiger partial charge in [0, 0.05) is 0 Å². The van der Waals surface area contributed by atoms with Crippen molar-refractivity contribution in [3.05, 3.63) is 0 Å². The molecule has 0 fully saturated rings. The monoisotopic (exact) mass is 401 g/mol. The first-order chi connectivity index (χ1) is 11.4. The van der Waals surface area contributed by atoms with E-state index in [9.17, 15) is 9.13 Å². The minimum Gasteiger partial charge on any atom is -0.330 e. The third-order valence-electron chi connectivity index (χ3n) is 2.83. The zero-order chi connectivity index (χ0) is 19.8. The summed E-state index contributed by atoms with van der Waals surface area (Å²) in [5.41, 5.74) is 5.63. The Labute approximate surface area is 153 Å². The van der Waals surface area contributed by atoms with Crippen LogP contribution in [-0.4, -0.2) is 36.4 Å². The molecule has 0 saturated carbocycles. The smallest absolute Gasteiger partial charge is 0.330 e. The van der Waals surface area contributed by atoms with Crippen LogP contribution in [0.15, 0.2) is 0 Å². The summed E-state index contributed by atoms with van der Waals surface area (Å²) >= 11 is 0. The summed E-state index contributed by atoms with van der Waals surface area (Å²) in [4.78, 5) is 0. The Morgan fingerprint density at radius 3 is 1.16 bits per heavy atom. The molecule has 0 aromatic rings. The first-order valence-electron chi connectivity index (χ1n) is 8.99. The SMILES string of the molecule is CC(C)OP(=O)(OC(C)C)C(CCCN)P(=O)(OC(C)C)OC(C)C. The van der Waals surface area contributed by atoms with Gasteiger partial charge in [0.1, 0.15) is 0 Å². The first kappa shape index (κ1) is 25.3. The highest BCUT2D eigenvalue weighted by atomic mass is 31.2. The fourth-order valence-corrected chi connectivity index (χ4v) is 8.34. The molecule has 0 spiro atoms. The summed E-state index contributed by atoms with van der Waals surface area (Å²) in [6.45, 7) is 14.4. The lowest BCUT2D eigenvalue weighted by molar-refractivity contribution is 0.121. The second-order valence-corrected chi connectivity index (χ2v) is 11.8. The van der Waals surface area contributed by atoms with E-state index in [-0.39, 0.29) is 30.8 Å². The van der Waals surface area contributed by atoms with Crippen LogP contribution in [0.4, 0.5) is 0 Å². The average Bonchev–Trinajstić information content (AvgIpc) is 2.33. The second-order valence-electron chi connectivity index (χ2n) is 7.11. The standard InChI is InChI=1S/C16H37NO6P2/c1-12(2)20-24(18,21-13(3)4)16(10-9-11-17)25(19,22-14(5)6)23-15(7)8/h12-16H,9-11,17H2,1-8H3. The maximum Gasteiger partial charge on any atom is 0.346 e. The third kappa shape index (κ3) is 9.14. The molecule has 0 aliphatic rings. The zero-order valence-corrected chi connectivity index (χ0v) is 18.7. The summed E-state index contributed by atoms with van der Waals surface area (Å²) in [5, 5.41) is -1.02. The molecule has 0 radical (unpaired) electrons. The zero-order valence-electron chi connectivity index (χ0n) is 16.9. The molecule has 0 atom stereocenters. The Kier molecular flexibility index (Phi) is 11.3. The van der Waals surface area contributed by atoms with Crippen LogP contribution in [0.25, 0.3) is 0 Å². The van der Waals surface area contributed by atoms with Crippen molar-refractivity contribution in [3.63, 3.8) is 0 Å². The van der Waals surface area contributed by atoms with Crippen LogP contribution in [0.1, 0.15) is 68.2 Å². The highest BCUT2D eigenvalue weighted by Crippen LogP contribution is 2.73. The van der Waals surface area contributed by atoms with Gasteiger partial charge < -0.3 is 23.8 Å². The van der Waals surface area contributed by atoms with E-state index < -0.39 is 20.6 Å². The molecule has 9 heteroatoms. The maximum atomic E-state index is 13.6. The average molecular weight is 401 g/mol. The van der Waals surface area contributed by atoms with Crippen LogP contribution in [-0.2, 0) is 27.2 Å². The number of hydrogen-bond donors (Lipinski definition) is 1. The van der Waals surface area contributed by atoms with Gasteiger partial charge in [-0.1, -0.05) is 0 Å². The van der Waals surface area contributed by atoms with E-state index in [1.807, 2.05) is 0 Å². The van der Waals surface area contributed by atoms with Gasteiger partial charge in [0.15, 0.2) is 5.40 Å². The Bertz CT molecular complexity index is 402. The summed E-state index contributed by atoms with van der Waals surface area (Å²) in [6.07, 6.45) is -0.685. The van der Waals surface area contributed by atoms with Crippen molar-refractivity contribution in [2.45, 2.75) is 98.0 Å². The van der Waals surface area contributed by atoms with Crippen LogP contribution in [0, 0.1) is 0 Å². The number of rotatable bonds is 13. The number of nitrogens with two attached hydrogens (primary N) is 1. The molecular weight excluding hydrogens is 364 g/mol. The summed E-state index contributed by atoms with van der Waals surface area (Å²) in [6, 6.07) is 0. The Hall–Kier alpha value is 0.260. The Morgan fingerprint density at radius 2 is 0.960 bits per heavy atom. The maximum absolute atomic E-state index is 13.6. The molecule has 25 heavy (non-hydrogen) atoms. The van der Waals surface area contributed by atoms with Crippen molar-refractivity contribution >= 4 is 15.2 Å². The van der Waals surface area contributed by atoms with Gasteiger partial charge in [-0.2, -0.15) is 0 Å². The Balaban J connectivity index is 6.07.